The first-order chi connectivity index (χ1) is 18.8. The molecule has 3 N–H and O–H groups in total. The number of hydrogen-bond donors (Lipinski definition) is 3. The van der Waals surface area contributed by atoms with Gasteiger partial charge in [0.15, 0.2) is 0 Å². The molecule has 0 aromatic heterocycles. The maximum atomic E-state index is 13.4. The topological polar surface area (TPSA) is 98.7 Å². The van der Waals surface area contributed by atoms with Gasteiger partial charge in [-0.2, -0.15) is 26.3 Å². The van der Waals surface area contributed by atoms with E-state index >= 15 is 0 Å². The Balaban J connectivity index is 1.92. The van der Waals surface area contributed by atoms with E-state index in [9.17, 15) is 50.2 Å². The van der Waals surface area contributed by atoms with Crippen LogP contribution in [-0.4, -0.2) is 52.0 Å². The fourth-order valence-electron chi connectivity index (χ4n) is 4.19. The number of halogens is 7. The van der Waals surface area contributed by atoms with E-state index in [0.29, 0.717) is 17.7 Å². The van der Waals surface area contributed by atoms with E-state index in [2.05, 4.69) is 10.6 Å². The Bertz CT molecular complexity index is 1290. The van der Waals surface area contributed by atoms with E-state index < -0.39 is 63.8 Å². The molecule has 0 saturated carbocycles. The average Bonchev–Trinajstić information content (AvgIpc) is 2.86. The molecule has 1 fully saturated rings. The summed E-state index contributed by atoms with van der Waals surface area (Å²) < 4.78 is 93.0. The Kier molecular flexibility index (Phi) is 8.87. The standard InChI is InChI=1S/C27H26F7N3O4/c1-24(2,41)23(40)37-11-9-25(10-12-37,36-21(38)8-5-16-3-6-19(28)7-4-16)22(39)35-20-14-17(26(29,30)31)13-18(15-20)27(32,33)34/h3-8,13-15,41H,9-12H2,1-2H3,(H,35,39)(H,36,38). The van der Waals surface area contributed by atoms with Crippen molar-refractivity contribution in [1.82, 2.24) is 10.2 Å². The number of benzene rings is 2. The zero-order valence-electron chi connectivity index (χ0n) is 21.8. The number of anilines is 1. The Morgan fingerprint density at radius 1 is 0.902 bits per heavy atom. The third-order valence-electron chi connectivity index (χ3n) is 6.37. The summed E-state index contributed by atoms with van der Waals surface area (Å²) in [6, 6.07) is 5.61. The van der Waals surface area contributed by atoms with Gasteiger partial charge in [0, 0.05) is 24.9 Å². The molecule has 1 aliphatic rings. The van der Waals surface area contributed by atoms with Crippen LogP contribution in [0.25, 0.3) is 6.08 Å². The molecule has 0 unspecified atom stereocenters. The van der Waals surface area contributed by atoms with Crippen molar-refractivity contribution in [2.75, 3.05) is 18.4 Å². The van der Waals surface area contributed by atoms with Crippen LogP contribution in [0, 0.1) is 5.82 Å². The number of rotatable bonds is 6. The Morgan fingerprint density at radius 3 is 1.88 bits per heavy atom. The van der Waals surface area contributed by atoms with E-state index in [1.165, 1.54) is 37.0 Å². The van der Waals surface area contributed by atoms with Crippen molar-refractivity contribution >= 4 is 29.5 Å². The van der Waals surface area contributed by atoms with Crippen LogP contribution in [0.1, 0.15) is 43.4 Å². The highest BCUT2D eigenvalue weighted by molar-refractivity contribution is 6.03. The summed E-state index contributed by atoms with van der Waals surface area (Å²) in [7, 11) is 0. The van der Waals surface area contributed by atoms with Gasteiger partial charge in [0.25, 0.3) is 5.91 Å². The number of likely N-dealkylation sites (tertiary alicyclic amines) is 1. The summed E-state index contributed by atoms with van der Waals surface area (Å²) in [5.74, 6) is -3.14. The van der Waals surface area contributed by atoms with Crippen LogP contribution in [-0.2, 0) is 26.7 Å². The lowest BCUT2D eigenvalue weighted by Gasteiger charge is -2.42. The summed E-state index contributed by atoms with van der Waals surface area (Å²) >= 11 is 0. The third-order valence-corrected chi connectivity index (χ3v) is 6.37. The second-order valence-corrected chi connectivity index (χ2v) is 10.1. The number of alkyl halides is 6. The maximum Gasteiger partial charge on any atom is 0.416 e. The number of nitrogens with one attached hydrogen (secondary N) is 2. The second-order valence-electron chi connectivity index (χ2n) is 10.1. The summed E-state index contributed by atoms with van der Waals surface area (Å²) in [5, 5.41) is 14.6. The molecule has 0 spiro atoms. The van der Waals surface area contributed by atoms with Gasteiger partial charge in [-0.05, 0) is 68.7 Å². The lowest BCUT2D eigenvalue weighted by molar-refractivity contribution is -0.151. The highest BCUT2D eigenvalue weighted by Gasteiger charge is 2.45. The van der Waals surface area contributed by atoms with Crippen molar-refractivity contribution in [3.8, 4) is 0 Å². The van der Waals surface area contributed by atoms with E-state index in [1.807, 2.05) is 0 Å². The molecule has 1 heterocycles. The van der Waals surface area contributed by atoms with Crippen LogP contribution < -0.4 is 10.6 Å². The fourth-order valence-corrected chi connectivity index (χ4v) is 4.19. The highest BCUT2D eigenvalue weighted by Crippen LogP contribution is 2.38. The first-order valence-corrected chi connectivity index (χ1v) is 12.2. The number of carbonyl (C=O) groups excluding carboxylic acids is 3. The van der Waals surface area contributed by atoms with Gasteiger partial charge in [-0.3, -0.25) is 14.4 Å². The average molecular weight is 590 g/mol. The molecule has 41 heavy (non-hydrogen) atoms. The van der Waals surface area contributed by atoms with Crippen molar-refractivity contribution in [3.63, 3.8) is 0 Å². The molecule has 7 nitrogen and oxygen atoms in total. The molecule has 14 heteroatoms. The minimum Gasteiger partial charge on any atom is -0.381 e. The molecule has 0 radical (unpaired) electrons. The number of nitrogens with zero attached hydrogens (tertiary/aromatic N) is 1. The van der Waals surface area contributed by atoms with Gasteiger partial charge in [-0.1, -0.05) is 12.1 Å². The van der Waals surface area contributed by atoms with Gasteiger partial charge in [-0.25, -0.2) is 4.39 Å². The largest absolute Gasteiger partial charge is 0.416 e. The lowest BCUT2D eigenvalue weighted by atomic mass is 9.85. The van der Waals surface area contributed by atoms with Gasteiger partial charge in [0.05, 0.1) is 11.1 Å². The monoisotopic (exact) mass is 589 g/mol. The Labute approximate surface area is 230 Å². The number of piperidine rings is 1. The van der Waals surface area contributed by atoms with Gasteiger partial charge in [0.2, 0.25) is 11.8 Å². The Hall–Kier alpha value is -3.94. The summed E-state index contributed by atoms with van der Waals surface area (Å²) in [5.41, 5.74) is -7.28. The zero-order valence-corrected chi connectivity index (χ0v) is 21.8. The van der Waals surface area contributed by atoms with E-state index in [1.54, 1.807) is 0 Å². The van der Waals surface area contributed by atoms with Crippen molar-refractivity contribution in [2.24, 2.45) is 0 Å². The predicted molar refractivity (Wildman–Crippen MR) is 133 cm³/mol. The fraction of sp³-hybridized carbons (Fsp3) is 0.370. The molecule has 222 valence electrons. The van der Waals surface area contributed by atoms with Crippen LogP contribution in [0.15, 0.2) is 48.5 Å². The maximum absolute atomic E-state index is 13.4. The zero-order chi connectivity index (χ0) is 30.8. The smallest absolute Gasteiger partial charge is 0.381 e. The summed E-state index contributed by atoms with van der Waals surface area (Å²) in [4.78, 5) is 39.9. The molecule has 1 saturated heterocycles. The number of amides is 3. The van der Waals surface area contributed by atoms with E-state index in [-0.39, 0.29) is 32.0 Å². The van der Waals surface area contributed by atoms with Crippen LogP contribution in [0.3, 0.4) is 0 Å². The molecule has 0 aliphatic carbocycles. The number of hydrogen-bond acceptors (Lipinski definition) is 4. The summed E-state index contributed by atoms with van der Waals surface area (Å²) in [6.07, 6.45) is -8.54. The normalized spacial score (nSPS) is 16.0. The van der Waals surface area contributed by atoms with Crippen LogP contribution in [0.4, 0.5) is 36.4 Å². The van der Waals surface area contributed by atoms with E-state index in [0.717, 1.165) is 18.2 Å². The first kappa shape index (κ1) is 31.6. The molecule has 2 aromatic carbocycles. The molecular formula is C27H26F7N3O4. The number of aliphatic hydroxyl groups is 1. The van der Waals surface area contributed by atoms with Crippen molar-refractivity contribution in [1.29, 1.82) is 0 Å². The first-order valence-electron chi connectivity index (χ1n) is 12.2. The lowest BCUT2D eigenvalue weighted by Crippen LogP contribution is -2.63. The van der Waals surface area contributed by atoms with Crippen molar-refractivity contribution in [3.05, 3.63) is 71.0 Å². The van der Waals surface area contributed by atoms with Crippen molar-refractivity contribution < 1.29 is 50.2 Å². The van der Waals surface area contributed by atoms with Crippen LogP contribution in [0.5, 0.6) is 0 Å². The number of carbonyl (C=O) groups is 3. The minimum atomic E-state index is -5.15. The molecule has 0 bridgehead atoms. The van der Waals surface area contributed by atoms with Crippen LogP contribution >= 0.6 is 0 Å². The molecule has 3 amide bonds. The minimum absolute atomic E-state index is 0.0891. The molecule has 2 aromatic rings. The predicted octanol–water partition coefficient (Wildman–Crippen LogP) is 4.76. The van der Waals surface area contributed by atoms with Gasteiger partial charge in [0.1, 0.15) is 17.0 Å². The van der Waals surface area contributed by atoms with Crippen molar-refractivity contribution in [2.45, 2.75) is 50.2 Å². The summed E-state index contributed by atoms with van der Waals surface area (Å²) in [6.45, 7) is 2.15. The third kappa shape index (κ3) is 8.06. The second kappa shape index (κ2) is 11.5. The molecule has 1 aliphatic heterocycles. The van der Waals surface area contributed by atoms with E-state index in [4.69, 9.17) is 0 Å². The molecule has 3 rings (SSSR count). The highest BCUT2D eigenvalue weighted by atomic mass is 19.4. The SMILES string of the molecule is CC(C)(O)C(=O)N1CCC(NC(=O)C=Cc2ccc(F)cc2)(C(=O)Nc2cc(C(F)(F)F)cc(C(F)(F)F)c2)CC1. The molecular weight excluding hydrogens is 563 g/mol. The Morgan fingerprint density at radius 2 is 1.41 bits per heavy atom. The quantitative estimate of drug-likeness (QED) is 0.334. The molecule has 0 atom stereocenters. The van der Waals surface area contributed by atoms with Crippen LogP contribution in [0.2, 0.25) is 0 Å². The van der Waals surface area contributed by atoms with Gasteiger partial charge >= 0.3 is 12.4 Å². The van der Waals surface area contributed by atoms with Gasteiger partial charge in [-0.15, -0.1) is 0 Å². The van der Waals surface area contributed by atoms with Gasteiger partial charge < -0.3 is 20.6 Å².